The summed E-state index contributed by atoms with van der Waals surface area (Å²) < 4.78 is 1.80. The molecule has 1 unspecified atom stereocenters. The van der Waals surface area contributed by atoms with E-state index in [-0.39, 0.29) is 30.3 Å². The van der Waals surface area contributed by atoms with Crippen LogP contribution in [0.3, 0.4) is 0 Å². The van der Waals surface area contributed by atoms with Gasteiger partial charge in [0.15, 0.2) is 0 Å². The Morgan fingerprint density at radius 3 is 2.75 bits per heavy atom. The molecule has 1 saturated heterocycles. The molecule has 0 radical (unpaired) electrons. The predicted octanol–water partition coefficient (Wildman–Crippen LogP) is 1.78. The number of anilines is 1. The van der Waals surface area contributed by atoms with Gasteiger partial charge in [-0.25, -0.2) is 0 Å². The molecule has 1 fully saturated rings. The molecule has 2 N–H and O–H groups in total. The quantitative estimate of drug-likeness (QED) is 0.815. The van der Waals surface area contributed by atoms with Crippen LogP contribution in [0.4, 0.5) is 5.69 Å². The molecule has 0 aliphatic carbocycles. The third-order valence-corrected chi connectivity index (χ3v) is 5.82. The van der Waals surface area contributed by atoms with Crippen LogP contribution < -0.4 is 15.5 Å². The lowest BCUT2D eigenvalue weighted by molar-refractivity contribution is -0.132. The van der Waals surface area contributed by atoms with Gasteiger partial charge in [-0.3, -0.25) is 14.3 Å². The second-order valence-corrected chi connectivity index (χ2v) is 7.45. The van der Waals surface area contributed by atoms with Gasteiger partial charge in [0, 0.05) is 25.1 Å². The van der Waals surface area contributed by atoms with Gasteiger partial charge in [0.05, 0.1) is 12.5 Å². The molecule has 7 nitrogen and oxygen atoms in total. The number of hydrogen-bond acceptors (Lipinski definition) is 4. The van der Waals surface area contributed by atoms with Crippen molar-refractivity contribution in [2.24, 2.45) is 0 Å². The molecule has 0 saturated carbocycles. The Morgan fingerprint density at radius 2 is 2.07 bits per heavy atom. The number of piperidine rings is 1. The van der Waals surface area contributed by atoms with Gasteiger partial charge in [-0.2, -0.15) is 5.10 Å². The van der Waals surface area contributed by atoms with E-state index >= 15 is 0 Å². The van der Waals surface area contributed by atoms with Gasteiger partial charge >= 0.3 is 0 Å². The zero-order valence-corrected chi connectivity index (χ0v) is 17.0. The van der Waals surface area contributed by atoms with Gasteiger partial charge in [0.25, 0.3) is 0 Å². The van der Waals surface area contributed by atoms with Crippen molar-refractivity contribution in [3.8, 4) is 0 Å². The highest BCUT2D eigenvalue weighted by molar-refractivity contribution is 6.01. The van der Waals surface area contributed by atoms with Crippen LogP contribution in [0.5, 0.6) is 0 Å². The van der Waals surface area contributed by atoms with Crippen LogP contribution in [0.2, 0.25) is 0 Å². The Hall–Kier alpha value is -2.38. The summed E-state index contributed by atoms with van der Waals surface area (Å²) in [6.07, 6.45) is 5.41. The largest absolute Gasteiger partial charge is 0.347 e. The number of carbonyl (C=O) groups excluding carboxylic acids is 2. The molecule has 8 heteroatoms. The fraction of sp³-hybridized carbons (Fsp3) is 0.450. The van der Waals surface area contributed by atoms with E-state index in [2.05, 4.69) is 15.7 Å². The van der Waals surface area contributed by atoms with Crippen LogP contribution in [0, 0.1) is 0 Å². The molecule has 1 atom stereocenters. The van der Waals surface area contributed by atoms with E-state index in [1.165, 1.54) is 0 Å². The zero-order chi connectivity index (χ0) is 19.0. The number of nitrogens with zero attached hydrogens (tertiary/aromatic N) is 3. The molecule has 150 valence electrons. The third-order valence-electron chi connectivity index (χ3n) is 5.82. The number of nitrogens with one attached hydrogen (secondary N) is 2. The van der Waals surface area contributed by atoms with Crippen molar-refractivity contribution in [3.63, 3.8) is 0 Å². The SMILES string of the molecule is CC(NC(=O)C1(n2cccn2)CCNCC1)c1ccc2c(c1)CC(=O)N2C.Cl. The minimum atomic E-state index is -0.657. The van der Waals surface area contributed by atoms with Crippen molar-refractivity contribution in [3.05, 3.63) is 47.8 Å². The molecule has 2 amide bonds. The average molecular weight is 404 g/mol. The van der Waals surface area contributed by atoms with Crippen molar-refractivity contribution in [2.75, 3.05) is 25.0 Å². The van der Waals surface area contributed by atoms with Gasteiger partial charge in [-0.1, -0.05) is 12.1 Å². The van der Waals surface area contributed by atoms with E-state index in [1.807, 2.05) is 37.4 Å². The molecule has 1 aromatic carbocycles. The van der Waals surface area contributed by atoms with E-state index in [0.29, 0.717) is 19.3 Å². The maximum Gasteiger partial charge on any atom is 0.248 e. The van der Waals surface area contributed by atoms with Gasteiger partial charge in [-0.05, 0) is 56.1 Å². The molecular formula is C20H26ClN5O2. The topological polar surface area (TPSA) is 79.3 Å². The Labute approximate surface area is 170 Å². The maximum absolute atomic E-state index is 13.3. The number of carbonyl (C=O) groups is 2. The molecule has 2 aliphatic heterocycles. The summed E-state index contributed by atoms with van der Waals surface area (Å²) in [5.41, 5.74) is 2.32. The van der Waals surface area contributed by atoms with E-state index < -0.39 is 5.54 Å². The van der Waals surface area contributed by atoms with Crippen LogP contribution in [0.15, 0.2) is 36.7 Å². The van der Waals surface area contributed by atoms with Gasteiger partial charge in [0.2, 0.25) is 11.8 Å². The number of halogens is 1. The second-order valence-electron chi connectivity index (χ2n) is 7.45. The highest BCUT2D eigenvalue weighted by atomic mass is 35.5. The normalized spacial score (nSPS) is 18.9. The maximum atomic E-state index is 13.3. The molecule has 2 aromatic rings. The van der Waals surface area contributed by atoms with E-state index in [0.717, 1.165) is 29.9 Å². The van der Waals surface area contributed by atoms with Crippen molar-refractivity contribution in [1.29, 1.82) is 0 Å². The number of rotatable bonds is 4. The fourth-order valence-corrected chi connectivity index (χ4v) is 4.10. The first kappa shape index (κ1) is 20.4. The Balaban J connectivity index is 0.00000225. The Morgan fingerprint density at radius 1 is 1.32 bits per heavy atom. The number of fused-ring (bicyclic) bond motifs is 1. The summed E-state index contributed by atoms with van der Waals surface area (Å²) >= 11 is 0. The minimum Gasteiger partial charge on any atom is -0.347 e. The summed E-state index contributed by atoms with van der Waals surface area (Å²) in [5, 5.41) is 10.9. The fourth-order valence-electron chi connectivity index (χ4n) is 4.10. The first-order valence-corrected chi connectivity index (χ1v) is 9.42. The van der Waals surface area contributed by atoms with Crippen LogP contribution >= 0.6 is 12.4 Å². The van der Waals surface area contributed by atoms with Crippen LogP contribution in [-0.2, 0) is 21.5 Å². The molecule has 4 rings (SSSR count). The lowest BCUT2D eigenvalue weighted by Crippen LogP contribution is -2.55. The van der Waals surface area contributed by atoms with Crippen LogP contribution in [-0.4, -0.2) is 41.7 Å². The highest BCUT2D eigenvalue weighted by Gasteiger charge is 2.42. The van der Waals surface area contributed by atoms with E-state index in [1.54, 1.807) is 22.8 Å². The number of benzene rings is 1. The van der Waals surface area contributed by atoms with Crippen molar-refractivity contribution < 1.29 is 9.59 Å². The number of hydrogen-bond donors (Lipinski definition) is 2. The monoisotopic (exact) mass is 403 g/mol. The Bertz CT molecular complexity index is 861. The van der Waals surface area contributed by atoms with Crippen molar-refractivity contribution in [2.45, 2.75) is 37.8 Å². The smallest absolute Gasteiger partial charge is 0.248 e. The number of likely N-dealkylation sites (N-methyl/N-ethyl adjacent to an activating group) is 1. The second kappa shape index (κ2) is 7.93. The minimum absolute atomic E-state index is 0. The Kier molecular flexibility index (Phi) is 5.76. The first-order chi connectivity index (χ1) is 13.0. The molecule has 0 spiro atoms. The summed E-state index contributed by atoms with van der Waals surface area (Å²) in [6.45, 7) is 3.56. The van der Waals surface area contributed by atoms with Gasteiger partial charge < -0.3 is 15.5 Å². The standard InChI is InChI=1S/C20H25N5O2.ClH/c1-14(15-4-5-17-16(12-15)13-18(26)24(17)2)23-19(27)20(6-9-21-10-7-20)25-11-3-8-22-25;/h3-5,8,11-12,14,21H,6-7,9-10,13H2,1-2H3,(H,23,27);1H. The lowest BCUT2D eigenvalue weighted by atomic mass is 9.87. The summed E-state index contributed by atoms with van der Waals surface area (Å²) in [7, 11) is 1.80. The summed E-state index contributed by atoms with van der Waals surface area (Å²) in [6, 6.07) is 7.69. The molecule has 2 aliphatic rings. The molecule has 0 bridgehead atoms. The van der Waals surface area contributed by atoms with E-state index in [4.69, 9.17) is 0 Å². The number of amides is 2. The average Bonchev–Trinajstić information content (AvgIpc) is 3.31. The van der Waals surface area contributed by atoms with Gasteiger partial charge in [0.1, 0.15) is 5.54 Å². The molecule has 28 heavy (non-hydrogen) atoms. The summed E-state index contributed by atoms with van der Waals surface area (Å²) in [4.78, 5) is 26.9. The lowest BCUT2D eigenvalue weighted by Gasteiger charge is -2.37. The van der Waals surface area contributed by atoms with Crippen molar-refractivity contribution in [1.82, 2.24) is 20.4 Å². The highest BCUT2D eigenvalue weighted by Crippen LogP contribution is 2.31. The van der Waals surface area contributed by atoms with Gasteiger partial charge in [-0.15, -0.1) is 12.4 Å². The van der Waals surface area contributed by atoms with Crippen molar-refractivity contribution >= 4 is 29.9 Å². The number of aromatic nitrogens is 2. The zero-order valence-electron chi connectivity index (χ0n) is 16.1. The van der Waals surface area contributed by atoms with Crippen LogP contribution in [0.1, 0.15) is 36.9 Å². The van der Waals surface area contributed by atoms with E-state index in [9.17, 15) is 9.59 Å². The summed E-state index contributed by atoms with van der Waals surface area (Å²) in [5.74, 6) is 0.0973. The third kappa shape index (κ3) is 3.40. The molecule has 3 heterocycles. The molecule has 1 aromatic heterocycles. The molecular weight excluding hydrogens is 378 g/mol. The van der Waals surface area contributed by atoms with Crippen LogP contribution in [0.25, 0.3) is 0 Å². The first-order valence-electron chi connectivity index (χ1n) is 9.42. The predicted molar refractivity (Wildman–Crippen MR) is 110 cm³/mol.